The molecule has 44 heavy (non-hydrogen) atoms. The Morgan fingerprint density at radius 3 is 1.93 bits per heavy atom. The number of halogens is 1. The number of carbonyl (C=O) groups excluding carboxylic acids is 1. The van der Waals surface area contributed by atoms with Crippen LogP contribution in [0, 0.1) is 0 Å². The van der Waals surface area contributed by atoms with Gasteiger partial charge in [0.2, 0.25) is 0 Å². The molecule has 0 bridgehead atoms. The Hall–Kier alpha value is -4.46. The summed E-state index contributed by atoms with van der Waals surface area (Å²) >= 11 is 6.51. The van der Waals surface area contributed by atoms with Crippen LogP contribution in [0.25, 0.3) is 10.9 Å². The second-order valence-corrected chi connectivity index (χ2v) is 12.4. The van der Waals surface area contributed by atoms with Crippen LogP contribution in [0.4, 0.5) is 5.69 Å². The fraction of sp³-hybridized carbons (Fsp3) is 0.250. The van der Waals surface area contributed by atoms with Gasteiger partial charge in [-0.05, 0) is 67.4 Å². The maximum atomic E-state index is 14.9. The number of carbonyl (C=O) groups is 1. The normalized spacial score (nSPS) is 14.0. The van der Waals surface area contributed by atoms with Crippen molar-refractivity contribution in [2.75, 3.05) is 37.6 Å². The van der Waals surface area contributed by atoms with Crippen molar-refractivity contribution < 1.29 is 15.0 Å². The first kappa shape index (κ1) is 29.6. The molecule has 1 fully saturated rings. The molecule has 4 aromatic carbocycles. The van der Waals surface area contributed by atoms with E-state index in [0.29, 0.717) is 43.4 Å². The van der Waals surface area contributed by atoms with E-state index in [1.807, 2.05) is 71.6 Å². The van der Waals surface area contributed by atoms with Gasteiger partial charge in [0.05, 0.1) is 16.2 Å². The zero-order valence-electron chi connectivity index (χ0n) is 25.0. The molecular formula is C36H37ClN4O3. The molecule has 1 amide bonds. The van der Waals surface area contributed by atoms with Gasteiger partial charge in [0.1, 0.15) is 17.2 Å². The van der Waals surface area contributed by atoms with Gasteiger partial charge in [0.15, 0.2) is 0 Å². The van der Waals surface area contributed by atoms with E-state index in [4.69, 9.17) is 17.3 Å². The molecule has 1 aliphatic rings. The molecule has 0 radical (unpaired) electrons. The van der Waals surface area contributed by atoms with Gasteiger partial charge in [-0.3, -0.25) is 4.79 Å². The molecule has 2 heterocycles. The molecule has 0 saturated carbocycles. The van der Waals surface area contributed by atoms with E-state index < -0.39 is 5.54 Å². The predicted octanol–water partition coefficient (Wildman–Crippen LogP) is 6.54. The number of phenolic OH excluding ortho intramolecular Hbond substituents is 2. The predicted molar refractivity (Wildman–Crippen MR) is 177 cm³/mol. The molecule has 4 N–H and O–H groups in total. The first-order chi connectivity index (χ1) is 21.2. The topological polar surface area (TPSA) is 95.0 Å². The second kappa shape index (κ2) is 11.9. The van der Waals surface area contributed by atoms with Crippen LogP contribution in [-0.2, 0) is 5.54 Å². The third-order valence-electron chi connectivity index (χ3n) is 8.72. The minimum atomic E-state index is -0.573. The van der Waals surface area contributed by atoms with Crippen LogP contribution >= 0.6 is 11.6 Å². The molecule has 1 aliphatic heterocycles. The van der Waals surface area contributed by atoms with Crippen molar-refractivity contribution in [1.29, 1.82) is 0 Å². The zero-order chi connectivity index (χ0) is 31.0. The minimum absolute atomic E-state index is 0.0564. The number of nitrogens with two attached hydrogens (primary N) is 1. The molecule has 1 saturated heterocycles. The number of aromatic nitrogens is 1. The first-order valence-corrected chi connectivity index (χ1v) is 15.3. The number of nitrogens with zero attached hydrogens (tertiary/aromatic N) is 3. The van der Waals surface area contributed by atoms with Gasteiger partial charge in [-0.2, -0.15) is 0 Å². The van der Waals surface area contributed by atoms with E-state index in [1.54, 1.807) is 24.3 Å². The Morgan fingerprint density at radius 2 is 1.36 bits per heavy atom. The summed E-state index contributed by atoms with van der Waals surface area (Å²) in [5.41, 5.74) is 11.0. The quantitative estimate of drug-likeness (QED) is 0.195. The van der Waals surface area contributed by atoms with Crippen LogP contribution in [-0.4, -0.2) is 58.3 Å². The van der Waals surface area contributed by atoms with Crippen LogP contribution in [0.2, 0.25) is 5.02 Å². The van der Waals surface area contributed by atoms with Crippen molar-refractivity contribution in [3.05, 3.63) is 124 Å². The molecule has 0 unspecified atom stereocenters. The summed E-state index contributed by atoms with van der Waals surface area (Å²) in [6.07, 6.45) is 0. The minimum Gasteiger partial charge on any atom is -0.508 e. The number of rotatable bonds is 7. The summed E-state index contributed by atoms with van der Waals surface area (Å²) < 4.78 is 2.12. The van der Waals surface area contributed by atoms with Gasteiger partial charge in [-0.1, -0.05) is 66.2 Å². The van der Waals surface area contributed by atoms with E-state index in [2.05, 4.69) is 29.4 Å². The average molecular weight is 609 g/mol. The van der Waals surface area contributed by atoms with Gasteiger partial charge in [0.25, 0.3) is 5.91 Å². The lowest BCUT2D eigenvalue weighted by molar-refractivity contribution is 0.0728. The number of hydrogen-bond donors (Lipinski definition) is 3. The Morgan fingerprint density at radius 1 is 0.818 bits per heavy atom. The standard InChI is InChI=1S/C36H37ClN4O3/c1-36(2,23-38)41-30-9-5-3-7-28(30)33(32(24-11-15-26(42)16-12-24)25-13-17-27(43)18-14-25)34(41)35(44)40-21-19-39(20-22-40)31-10-6-4-8-29(31)37/h3-18,32,42-43H,19-23,38H2,1-2H3. The molecule has 1 aromatic heterocycles. The van der Waals surface area contributed by atoms with Crippen LogP contribution in [0.1, 0.15) is 46.9 Å². The Balaban J connectivity index is 1.53. The van der Waals surface area contributed by atoms with Crippen molar-refractivity contribution in [3.63, 3.8) is 0 Å². The van der Waals surface area contributed by atoms with E-state index in [-0.39, 0.29) is 23.3 Å². The number of piperazine rings is 1. The van der Waals surface area contributed by atoms with Crippen molar-refractivity contribution in [2.45, 2.75) is 25.3 Å². The van der Waals surface area contributed by atoms with Gasteiger partial charge >= 0.3 is 0 Å². The molecule has 5 aromatic rings. The van der Waals surface area contributed by atoms with Gasteiger partial charge in [-0.25, -0.2) is 0 Å². The summed E-state index contributed by atoms with van der Waals surface area (Å²) in [7, 11) is 0. The van der Waals surface area contributed by atoms with Crippen LogP contribution in [0.5, 0.6) is 11.5 Å². The van der Waals surface area contributed by atoms with E-state index in [1.165, 1.54) is 0 Å². The fourth-order valence-corrected chi connectivity index (χ4v) is 6.61. The average Bonchev–Trinajstić information content (AvgIpc) is 3.39. The number of para-hydroxylation sites is 2. The SMILES string of the molecule is CC(C)(CN)n1c(C(=O)N2CCN(c3ccccc3Cl)CC2)c(C(c2ccc(O)cc2)c2ccc(O)cc2)c2ccccc21. The van der Waals surface area contributed by atoms with Crippen LogP contribution < -0.4 is 10.6 Å². The number of fused-ring (bicyclic) bond motifs is 1. The summed E-state index contributed by atoms with van der Waals surface area (Å²) in [5.74, 6) is -0.0893. The number of anilines is 1. The molecule has 6 rings (SSSR count). The maximum Gasteiger partial charge on any atom is 0.270 e. The Kier molecular flexibility index (Phi) is 8.01. The number of benzene rings is 4. The summed E-state index contributed by atoms with van der Waals surface area (Å²) in [5, 5.41) is 21.9. The zero-order valence-corrected chi connectivity index (χ0v) is 25.7. The van der Waals surface area contributed by atoms with Crippen molar-refractivity contribution in [1.82, 2.24) is 9.47 Å². The van der Waals surface area contributed by atoms with E-state index in [0.717, 1.165) is 33.3 Å². The van der Waals surface area contributed by atoms with Crippen molar-refractivity contribution >= 4 is 34.1 Å². The number of aromatic hydroxyl groups is 2. The molecule has 0 spiro atoms. The lowest BCUT2D eigenvalue weighted by Gasteiger charge is -2.38. The number of hydrogen-bond acceptors (Lipinski definition) is 5. The molecule has 0 atom stereocenters. The Labute approximate surface area is 262 Å². The first-order valence-electron chi connectivity index (χ1n) is 14.9. The maximum absolute atomic E-state index is 14.9. The second-order valence-electron chi connectivity index (χ2n) is 12.0. The summed E-state index contributed by atoms with van der Waals surface area (Å²) in [6.45, 7) is 6.84. The van der Waals surface area contributed by atoms with Gasteiger partial charge < -0.3 is 30.3 Å². The van der Waals surface area contributed by atoms with E-state index >= 15 is 0 Å². The van der Waals surface area contributed by atoms with Gasteiger partial charge in [-0.15, -0.1) is 0 Å². The highest BCUT2D eigenvalue weighted by molar-refractivity contribution is 6.33. The van der Waals surface area contributed by atoms with E-state index in [9.17, 15) is 15.0 Å². The highest BCUT2D eigenvalue weighted by Gasteiger charge is 2.37. The van der Waals surface area contributed by atoms with Crippen molar-refractivity contribution in [3.8, 4) is 11.5 Å². The number of amides is 1. The van der Waals surface area contributed by atoms with Crippen LogP contribution in [0.3, 0.4) is 0 Å². The third kappa shape index (κ3) is 5.38. The molecule has 0 aliphatic carbocycles. The Bertz CT molecular complexity index is 1740. The lowest BCUT2D eigenvalue weighted by Crippen LogP contribution is -2.50. The molecule has 8 heteroatoms. The summed E-state index contributed by atoms with van der Waals surface area (Å²) in [4.78, 5) is 19.1. The number of phenols is 2. The molecule has 226 valence electrons. The monoisotopic (exact) mass is 608 g/mol. The largest absolute Gasteiger partial charge is 0.508 e. The van der Waals surface area contributed by atoms with Crippen LogP contribution in [0.15, 0.2) is 97.1 Å². The fourth-order valence-electron chi connectivity index (χ4n) is 6.36. The smallest absolute Gasteiger partial charge is 0.270 e. The highest BCUT2D eigenvalue weighted by Crippen LogP contribution is 2.43. The summed E-state index contributed by atoms with van der Waals surface area (Å²) in [6, 6.07) is 30.1. The van der Waals surface area contributed by atoms with Crippen molar-refractivity contribution in [2.24, 2.45) is 5.73 Å². The van der Waals surface area contributed by atoms with Gasteiger partial charge in [0, 0.05) is 55.1 Å². The lowest BCUT2D eigenvalue weighted by atomic mass is 9.83. The molecule has 7 nitrogen and oxygen atoms in total. The molecular weight excluding hydrogens is 572 g/mol. The highest BCUT2D eigenvalue weighted by atomic mass is 35.5. The third-order valence-corrected chi connectivity index (χ3v) is 9.04.